The Kier molecular flexibility index (Phi) is 6.59. The summed E-state index contributed by atoms with van der Waals surface area (Å²) in [5.74, 6) is 2.06. The van der Waals surface area contributed by atoms with Crippen LogP contribution in [0.1, 0.15) is 62.4 Å². The van der Waals surface area contributed by atoms with E-state index in [-0.39, 0.29) is 11.7 Å². The first kappa shape index (κ1) is 28.2. The van der Waals surface area contributed by atoms with Gasteiger partial charge in [-0.2, -0.15) is 13.2 Å². The molecule has 4 heterocycles. The summed E-state index contributed by atoms with van der Waals surface area (Å²) in [6, 6.07) is 7.28. The molecule has 3 aliphatic rings. The van der Waals surface area contributed by atoms with E-state index in [1.165, 1.54) is 10.9 Å². The van der Waals surface area contributed by atoms with E-state index in [4.69, 9.17) is 9.72 Å². The number of halogens is 3. The normalized spacial score (nSPS) is 17.3. The van der Waals surface area contributed by atoms with E-state index in [1.54, 1.807) is 37.3 Å². The van der Waals surface area contributed by atoms with Crippen molar-refractivity contribution in [1.82, 2.24) is 29.5 Å². The van der Waals surface area contributed by atoms with Gasteiger partial charge in [0.1, 0.15) is 28.9 Å². The number of likely N-dealkylation sites (N-methyl/N-ethyl adjacent to an activating group) is 1. The summed E-state index contributed by atoms with van der Waals surface area (Å²) >= 11 is 0. The first-order chi connectivity index (χ1) is 21.2. The fraction of sp³-hybridized carbons (Fsp3) is 0.419. The van der Waals surface area contributed by atoms with Crippen LogP contribution >= 0.6 is 0 Å². The van der Waals surface area contributed by atoms with Gasteiger partial charge in [-0.3, -0.25) is 4.79 Å². The average molecular weight is 605 g/mol. The minimum absolute atomic E-state index is 0.0180. The zero-order valence-corrected chi connectivity index (χ0v) is 24.6. The van der Waals surface area contributed by atoms with Gasteiger partial charge in [0, 0.05) is 37.3 Å². The monoisotopic (exact) mass is 604 g/mol. The first-order valence-electron chi connectivity index (χ1n) is 14.8. The number of fused-ring (bicyclic) bond motifs is 1. The van der Waals surface area contributed by atoms with Gasteiger partial charge in [0.25, 0.3) is 5.91 Å². The summed E-state index contributed by atoms with van der Waals surface area (Å²) in [6.45, 7) is 4.92. The number of aromatic nitrogens is 6. The van der Waals surface area contributed by atoms with Crippen molar-refractivity contribution in [2.45, 2.75) is 70.3 Å². The molecular weight excluding hydrogens is 573 g/mol. The Morgan fingerprint density at radius 1 is 1.02 bits per heavy atom. The standard InChI is InChI=1S/C31H31F3N8O2/c1-4-40-16-22(31(32,33)34)38-26(40)20-8-6-18(7-9-20)15-42-27-21(41(5-2)29(43)30(42)12-13-30)14-35-25(39-27)23-24(19-10-11-19)36-17-37-28(23)44-3/h6-9,14,16-17,19H,4-5,10-13,15H2,1-3H3. The number of anilines is 2. The van der Waals surface area contributed by atoms with Crippen LogP contribution in [0.15, 0.2) is 43.0 Å². The van der Waals surface area contributed by atoms with Gasteiger partial charge >= 0.3 is 6.18 Å². The predicted octanol–water partition coefficient (Wildman–Crippen LogP) is 5.63. The van der Waals surface area contributed by atoms with Crippen molar-refractivity contribution in [2.24, 2.45) is 0 Å². The molecule has 2 aliphatic carbocycles. The molecule has 13 heteroatoms. The number of benzene rings is 1. The summed E-state index contributed by atoms with van der Waals surface area (Å²) in [6.07, 6.45) is 3.14. The van der Waals surface area contributed by atoms with E-state index in [0.29, 0.717) is 72.7 Å². The molecule has 7 rings (SSSR count). The van der Waals surface area contributed by atoms with E-state index in [9.17, 15) is 18.0 Å². The Bertz CT molecular complexity index is 1750. The van der Waals surface area contributed by atoms with Crippen molar-refractivity contribution >= 4 is 17.4 Å². The lowest BCUT2D eigenvalue weighted by atomic mass is 10.0. The molecule has 0 unspecified atom stereocenters. The number of methoxy groups -OCH3 is 1. The highest BCUT2D eigenvalue weighted by Gasteiger charge is 2.60. The number of amides is 1. The van der Waals surface area contributed by atoms with E-state index < -0.39 is 17.4 Å². The number of nitrogens with zero attached hydrogens (tertiary/aromatic N) is 8. The Morgan fingerprint density at radius 2 is 1.77 bits per heavy atom. The Morgan fingerprint density at radius 3 is 2.39 bits per heavy atom. The zero-order chi connectivity index (χ0) is 30.8. The van der Waals surface area contributed by atoms with Crippen molar-refractivity contribution in [1.29, 1.82) is 0 Å². The molecule has 44 heavy (non-hydrogen) atoms. The molecule has 1 amide bonds. The highest BCUT2D eigenvalue weighted by molar-refractivity contribution is 6.09. The van der Waals surface area contributed by atoms with Crippen molar-refractivity contribution in [3.05, 3.63) is 59.9 Å². The third kappa shape index (κ3) is 4.56. The van der Waals surface area contributed by atoms with Gasteiger partial charge in [-0.15, -0.1) is 0 Å². The predicted molar refractivity (Wildman–Crippen MR) is 156 cm³/mol. The van der Waals surface area contributed by atoms with Crippen molar-refractivity contribution < 1.29 is 22.7 Å². The number of rotatable bonds is 8. The topological polar surface area (TPSA) is 102 Å². The van der Waals surface area contributed by atoms with Crippen molar-refractivity contribution in [2.75, 3.05) is 23.5 Å². The number of hydrogen-bond acceptors (Lipinski definition) is 8. The molecule has 2 fully saturated rings. The van der Waals surface area contributed by atoms with Gasteiger partial charge in [-0.1, -0.05) is 24.3 Å². The van der Waals surface area contributed by atoms with Gasteiger partial charge in [-0.05, 0) is 45.1 Å². The molecule has 1 aromatic carbocycles. The maximum Gasteiger partial charge on any atom is 0.434 e. The maximum absolute atomic E-state index is 13.8. The minimum Gasteiger partial charge on any atom is -0.480 e. The minimum atomic E-state index is -4.52. The molecule has 4 aromatic rings. The summed E-state index contributed by atoms with van der Waals surface area (Å²) in [4.78, 5) is 40.1. The second kappa shape index (κ2) is 10.3. The van der Waals surface area contributed by atoms with E-state index in [1.807, 2.05) is 19.1 Å². The third-order valence-corrected chi connectivity index (χ3v) is 8.68. The number of imidazole rings is 1. The fourth-order valence-electron chi connectivity index (χ4n) is 6.08. The molecule has 1 aliphatic heterocycles. The summed E-state index contributed by atoms with van der Waals surface area (Å²) in [5.41, 5.74) is 1.98. The molecule has 0 radical (unpaired) electrons. The molecule has 0 N–H and O–H groups in total. The molecule has 1 spiro atoms. The second-order valence-electron chi connectivity index (χ2n) is 11.4. The third-order valence-electron chi connectivity index (χ3n) is 8.68. The summed E-state index contributed by atoms with van der Waals surface area (Å²) in [7, 11) is 1.56. The van der Waals surface area contributed by atoms with Gasteiger partial charge in [0.05, 0.1) is 19.0 Å². The molecule has 0 saturated heterocycles. The van der Waals surface area contributed by atoms with Crippen molar-refractivity contribution in [3.8, 4) is 28.7 Å². The van der Waals surface area contributed by atoms with Gasteiger partial charge in [0.2, 0.25) is 5.88 Å². The van der Waals surface area contributed by atoms with Crippen LogP contribution in [0.5, 0.6) is 5.88 Å². The van der Waals surface area contributed by atoms with Crippen LogP contribution in [0, 0.1) is 0 Å². The number of alkyl halides is 3. The fourth-order valence-corrected chi connectivity index (χ4v) is 6.08. The number of aryl methyl sites for hydroxylation is 1. The molecule has 228 valence electrons. The molecule has 10 nitrogen and oxygen atoms in total. The van der Waals surface area contributed by atoms with Gasteiger partial charge in [0.15, 0.2) is 17.3 Å². The van der Waals surface area contributed by atoms with Gasteiger partial charge < -0.3 is 19.1 Å². The molecule has 0 atom stereocenters. The highest BCUT2D eigenvalue weighted by atomic mass is 19.4. The first-order valence-corrected chi connectivity index (χ1v) is 14.8. The van der Waals surface area contributed by atoms with Crippen LogP contribution in [-0.2, 0) is 24.1 Å². The lowest BCUT2D eigenvalue weighted by Crippen LogP contribution is -2.55. The van der Waals surface area contributed by atoms with E-state index >= 15 is 0 Å². The number of carbonyl (C=O) groups is 1. The van der Waals surface area contributed by atoms with Crippen LogP contribution in [0.4, 0.5) is 24.7 Å². The average Bonchev–Trinajstić information content (AvgIpc) is 3.97. The van der Waals surface area contributed by atoms with Crippen LogP contribution < -0.4 is 14.5 Å². The Labute approximate surface area is 252 Å². The number of hydrogen-bond donors (Lipinski definition) is 0. The summed E-state index contributed by atoms with van der Waals surface area (Å²) < 4.78 is 47.1. The van der Waals surface area contributed by atoms with Crippen LogP contribution in [0.2, 0.25) is 0 Å². The van der Waals surface area contributed by atoms with Crippen LogP contribution in [-0.4, -0.2) is 54.6 Å². The van der Waals surface area contributed by atoms with Crippen LogP contribution in [0.25, 0.3) is 22.8 Å². The Balaban J connectivity index is 1.28. The molecule has 0 bridgehead atoms. The largest absolute Gasteiger partial charge is 0.480 e. The number of ether oxygens (including phenoxy) is 1. The smallest absolute Gasteiger partial charge is 0.434 e. The molecule has 3 aromatic heterocycles. The Hall–Kier alpha value is -4.55. The molecular formula is C31H31F3N8O2. The van der Waals surface area contributed by atoms with E-state index in [0.717, 1.165) is 30.3 Å². The SMILES string of the molecule is CCN1C(=O)C2(CC2)N(Cc2ccc(-c3nc(C(F)(F)F)cn3CC)cc2)c2nc(-c3c(OC)ncnc3C3CC3)ncc21. The summed E-state index contributed by atoms with van der Waals surface area (Å²) in [5, 5.41) is 0. The quantitative estimate of drug-likeness (QED) is 0.255. The van der Waals surface area contributed by atoms with E-state index in [2.05, 4.69) is 24.8 Å². The lowest BCUT2D eigenvalue weighted by Gasteiger charge is -2.42. The second-order valence-corrected chi connectivity index (χ2v) is 11.4. The highest BCUT2D eigenvalue weighted by Crippen LogP contribution is 2.53. The number of carbonyl (C=O) groups excluding carboxylic acids is 1. The van der Waals surface area contributed by atoms with Crippen LogP contribution in [0.3, 0.4) is 0 Å². The zero-order valence-electron chi connectivity index (χ0n) is 24.6. The van der Waals surface area contributed by atoms with Crippen molar-refractivity contribution in [3.63, 3.8) is 0 Å². The molecule has 2 saturated carbocycles. The maximum atomic E-state index is 13.8. The van der Waals surface area contributed by atoms with Gasteiger partial charge in [-0.25, -0.2) is 24.9 Å². The lowest BCUT2D eigenvalue weighted by molar-refractivity contribution is -0.140.